The van der Waals surface area contributed by atoms with Crippen molar-refractivity contribution in [1.29, 1.82) is 0 Å². The smallest absolute Gasteiger partial charge is 0.276 e. The number of hydrazine groups is 1. The Bertz CT molecular complexity index is 1010. The minimum Gasteiger partial charge on any atom is -0.483 e. The van der Waals surface area contributed by atoms with Crippen molar-refractivity contribution >= 4 is 54.4 Å². The maximum absolute atomic E-state index is 11.9. The molecular weight excluding hydrogens is 492 g/mol. The van der Waals surface area contributed by atoms with Crippen LogP contribution in [0.2, 0.25) is 0 Å². The van der Waals surface area contributed by atoms with Crippen LogP contribution >= 0.6 is 31.9 Å². The topological polar surface area (TPSA) is 76.7 Å². The van der Waals surface area contributed by atoms with E-state index in [2.05, 4.69) is 42.7 Å². The second kappa shape index (κ2) is 9.57. The monoisotopic (exact) mass is 506 g/mol. The molecule has 0 bridgehead atoms. The number of ether oxygens (including phenoxy) is 2. The summed E-state index contributed by atoms with van der Waals surface area (Å²) in [4.78, 5) is 23.8. The zero-order chi connectivity index (χ0) is 19.9. The minimum atomic E-state index is -0.492. The minimum absolute atomic E-state index is 0.229. The SMILES string of the molecule is O=C(COc1ccc(Br)cc1Br)NNC(=O)COc1cccc2ccccc12. The lowest BCUT2D eigenvalue weighted by Crippen LogP contribution is -2.45. The molecular formula is C20H16Br2N2O4. The van der Waals surface area contributed by atoms with Crippen molar-refractivity contribution in [3.63, 3.8) is 0 Å². The van der Waals surface area contributed by atoms with E-state index in [1.54, 1.807) is 24.3 Å². The molecule has 0 saturated carbocycles. The highest BCUT2D eigenvalue weighted by Crippen LogP contribution is 2.28. The van der Waals surface area contributed by atoms with E-state index in [-0.39, 0.29) is 13.2 Å². The van der Waals surface area contributed by atoms with E-state index in [0.29, 0.717) is 16.0 Å². The van der Waals surface area contributed by atoms with E-state index >= 15 is 0 Å². The fourth-order valence-corrected chi connectivity index (χ4v) is 3.57. The van der Waals surface area contributed by atoms with Gasteiger partial charge in [-0.2, -0.15) is 0 Å². The van der Waals surface area contributed by atoms with Crippen LogP contribution in [0, 0.1) is 0 Å². The van der Waals surface area contributed by atoms with Crippen molar-refractivity contribution in [2.24, 2.45) is 0 Å². The second-order valence-corrected chi connectivity index (χ2v) is 7.50. The largest absolute Gasteiger partial charge is 0.483 e. The number of hydrogen-bond acceptors (Lipinski definition) is 4. The molecule has 6 nitrogen and oxygen atoms in total. The molecule has 0 saturated heterocycles. The highest BCUT2D eigenvalue weighted by molar-refractivity contribution is 9.11. The molecule has 0 fully saturated rings. The number of hydrogen-bond donors (Lipinski definition) is 2. The maximum Gasteiger partial charge on any atom is 0.276 e. The molecule has 0 unspecified atom stereocenters. The van der Waals surface area contributed by atoms with Crippen LogP contribution < -0.4 is 20.3 Å². The summed E-state index contributed by atoms with van der Waals surface area (Å²) >= 11 is 6.68. The van der Waals surface area contributed by atoms with Gasteiger partial charge in [0.25, 0.3) is 11.8 Å². The van der Waals surface area contributed by atoms with Crippen molar-refractivity contribution in [1.82, 2.24) is 10.9 Å². The van der Waals surface area contributed by atoms with Crippen molar-refractivity contribution in [2.75, 3.05) is 13.2 Å². The molecule has 0 heterocycles. The number of carbonyl (C=O) groups excluding carboxylic acids is 2. The Morgan fingerprint density at radius 1 is 0.786 bits per heavy atom. The quantitative estimate of drug-likeness (QED) is 0.495. The molecule has 0 spiro atoms. The number of halogens is 2. The Labute approximate surface area is 178 Å². The molecule has 3 aromatic rings. The lowest BCUT2D eigenvalue weighted by Gasteiger charge is -2.11. The third-order valence-electron chi connectivity index (χ3n) is 3.70. The summed E-state index contributed by atoms with van der Waals surface area (Å²) in [6.07, 6.45) is 0. The number of fused-ring (bicyclic) bond motifs is 1. The Morgan fingerprint density at radius 2 is 1.43 bits per heavy atom. The van der Waals surface area contributed by atoms with Crippen molar-refractivity contribution < 1.29 is 19.1 Å². The number of rotatable bonds is 6. The Morgan fingerprint density at radius 3 is 2.14 bits per heavy atom. The number of benzene rings is 3. The third kappa shape index (κ3) is 5.46. The van der Waals surface area contributed by atoms with Crippen molar-refractivity contribution in [3.05, 3.63) is 69.6 Å². The lowest BCUT2D eigenvalue weighted by molar-refractivity contribution is -0.130. The summed E-state index contributed by atoms with van der Waals surface area (Å²) in [5.74, 6) is 0.145. The average molecular weight is 508 g/mol. The lowest BCUT2D eigenvalue weighted by atomic mass is 10.1. The second-order valence-electron chi connectivity index (χ2n) is 5.73. The molecule has 2 amide bonds. The van der Waals surface area contributed by atoms with Gasteiger partial charge >= 0.3 is 0 Å². The van der Waals surface area contributed by atoms with Crippen LogP contribution in [0.3, 0.4) is 0 Å². The van der Waals surface area contributed by atoms with Crippen LogP contribution in [0.25, 0.3) is 10.8 Å². The zero-order valence-corrected chi connectivity index (χ0v) is 17.7. The molecule has 0 radical (unpaired) electrons. The summed E-state index contributed by atoms with van der Waals surface area (Å²) in [5.41, 5.74) is 4.59. The molecule has 0 atom stereocenters. The predicted octanol–water partition coefficient (Wildman–Crippen LogP) is 3.97. The van der Waals surface area contributed by atoms with Crippen LogP contribution in [0.15, 0.2) is 69.6 Å². The molecule has 3 rings (SSSR count). The molecule has 28 heavy (non-hydrogen) atoms. The van der Waals surface area contributed by atoms with Gasteiger partial charge in [0, 0.05) is 9.86 Å². The summed E-state index contributed by atoms with van der Waals surface area (Å²) in [5, 5.41) is 1.93. The highest BCUT2D eigenvalue weighted by atomic mass is 79.9. The standard InChI is InChI=1S/C20H16Br2N2O4/c21-14-8-9-18(16(22)10-14)28-12-20(26)24-23-19(25)11-27-17-7-3-5-13-4-1-2-6-15(13)17/h1-10H,11-12H2,(H,23,25)(H,24,26). The molecule has 0 aliphatic carbocycles. The van der Waals surface area contributed by atoms with Gasteiger partial charge in [-0.1, -0.05) is 52.3 Å². The summed E-state index contributed by atoms with van der Waals surface area (Å²) < 4.78 is 12.6. The van der Waals surface area contributed by atoms with Gasteiger partial charge < -0.3 is 9.47 Å². The Balaban J connectivity index is 1.44. The van der Waals surface area contributed by atoms with Crippen LogP contribution in [0.5, 0.6) is 11.5 Å². The molecule has 0 aromatic heterocycles. The molecule has 0 aliphatic rings. The van der Waals surface area contributed by atoms with Crippen LogP contribution in [0.4, 0.5) is 0 Å². The van der Waals surface area contributed by atoms with E-state index in [4.69, 9.17) is 9.47 Å². The molecule has 0 aliphatic heterocycles. The molecule has 8 heteroatoms. The van der Waals surface area contributed by atoms with E-state index in [0.717, 1.165) is 15.2 Å². The number of carbonyl (C=O) groups is 2. The van der Waals surface area contributed by atoms with E-state index in [9.17, 15) is 9.59 Å². The first-order chi connectivity index (χ1) is 13.5. The maximum atomic E-state index is 11.9. The third-order valence-corrected chi connectivity index (χ3v) is 4.82. The predicted molar refractivity (Wildman–Crippen MR) is 113 cm³/mol. The van der Waals surface area contributed by atoms with Gasteiger partial charge in [0.2, 0.25) is 0 Å². The van der Waals surface area contributed by atoms with Crippen molar-refractivity contribution in [3.8, 4) is 11.5 Å². The fraction of sp³-hybridized carbons (Fsp3) is 0.100. The summed E-state index contributed by atoms with van der Waals surface area (Å²) in [6.45, 7) is -0.474. The number of nitrogens with one attached hydrogen (secondary N) is 2. The van der Waals surface area contributed by atoms with E-state index in [1.165, 1.54) is 0 Å². The van der Waals surface area contributed by atoms with Crippen LogP contribution in [-0.4, -0.2) is 25.0 Å². The Hall–Kier alpha value is -2.58. The van der Waals surface area contributed by atoms with Crippen LogP contribution in [-0.2, 0) is 9.59 Å². The fourth-order valence-electron chi connectivity index (χ4n) is 2.41. The first kappa shape index (κ1) is 20.2. The van der Waals surface area contributed by atoms with Gasteiger partial charge in [0.15, 0.2) is 13.2 Å². The van der Waals surface area contributed by atoms with Gasteiger partial charge in [0.05, 0.1) is 4.47 Å². The summed E-state index contributed by atoms with van der Waals surface area (Å²) in [6, 6.07) is 18.7. The Kier molecular flexibility index (Phi) is 6.89. The molecule has 144 valence electrons. The van der Waals surface area contributed by atoms with E-state index in [1.807, 2.05) is 36.4 Å². The van der Waals surface area contributed by atoms with Crippen molar-refractivity contribution in [2.45, 2.75) is 0 Å². The average Bonchev–Trinajstić information content (AvgIpc) is 2.70. The summed E-state index contributed by atoms with van der Waals surface area (Å²) in [7, 11) is 0. The first-order valence-electron chi connectivity index (χ1n) is 8.29. The molecule has 3 aromatic carbocycles. The first-order valence-corrected chi connectivity index (χ1v) is 9.87. The van der Waals surface area contributed by atoms with Gasteiger partial charge in [-0.3, -0.25) is 20.4 Å². The van der Waals surface area contributed by atoms with Crippen LogP contribution in [0.1, 0.15) is 0 Å². The molecule has 2 N–H and O–H groups in total. The zero-order valence-electron chi connectivity index (χ0n) is 14.6. The normalized spacial score (nSPS) is 10.4. The number of amides is 2. The van der Waals surface area contributed by atoms with Gasteiger partial charge in [0.1, 0.15) is 11.5 Å². The van der Waals surface area contributed by atoms with Gasteiger partial charge in [-0.15, -0.1) is 0 Å². The van der Waals surface area contributed by atoms with Gasteiger partial charge in [-0.05, 0) is 45.6 Å². The van der Waals surface area contributed by atoms with Gasteiger partial charge in [-0.25, -0.2) is 0 Å². The van der Waals surface area contributed by atoms with E-state index < -0.39 is 11.8 Å². The highest BCUT2D eigenvalue weighted by Gasteiger charge is 2.09.